The lowest BCUT2D eigenvalue weighted by Gasteiger charge is -2.16. The number of hydrogen-bond donors (Lipinski definition) is 2. The number of furan rings is 1. The minimum absolute atomic E-state index is 0.00284. The molecule has 2 aromatic heterocycles. The van der Waals surface area contributed by atoms with Crippen molar-refractivity contribution in [1.82, 2.24) is 4.90 Å². The Morgan fingerprint density at radius 2 is 1.91 bits per heavy atom. The second-order valence-corrected chi connectivity index (χ2v) is 9.52. The molecule has 33 heavy (non-hydrogen) atoms. The Balaban J connectivity index is 1.53. The van der Waals surface area contributed by atoms with Gasteiger partial charge in [-0.2, -0.15) is 0 Å². The number of nitrogens with zero attached hydrogens (tertiary/aromatic N) is 2. The summed E-state index contributed by atoms with van der Waals surface area (Å²) in [5.74, 6) is 1.38. The largest absolute Gasteiger partial charge is 0.496 e. The molecule has 4 N–H and O–H groups in total. The van der Waals surface area contributed by atoms with Crippen molar-refractivity contribution in [1.29, 1.82) is 0 Å². The average Bonchev–Trinajstić information content (AvgIpc) is 3.58. The van der Waals surface area contributed by atoms with Crippen LogP contribution in [0.4, 0.5) is 0 Å². The smallest absolute Gasteiger partial charge is 0.186 e. The van der Waals surface area contributed by atoms with Crippen LogP contribution in [0.3, 0.4) is 0 Å². The van der Waals surface area contributed by atoms with Gasteiger partial charge in [-0.25, -0.2) is 4.99 Å². The lowest BCUT2D eigenvalue weighted by molar-refractivity contribution is 0.334. The molecule has 0 saturated carbocycles. The van der Waals surface area contributed by atoms with E-state index in [1.807, 2.05) is 47.7 Å². The van der Waals surface area contributed by atoms with E-state index in [1.165, 1.54) is 35.7 Å². The minimum atomic E-state index is -0.513. The van der Waals surface area contributed by atoms with Crippen LogP contribution in [0.25, 0.3) is 21.4 Å². The fourth-order valence-electron chi connectivity index (χ4n) is 4.45. The van der Waals surface area contributed by atoms with Crippen LogP contribution in [-0.2, 0) is 6.54 Å². The molecule has 2 aromatic carbocycles. The quantitative estimate of drug-likeness (QED) is 0.295. The zero-order valence-corrected chi connectivity index (χ0v) is 19.5. The molecule has 1 unspecified atom stereocenters. The molecule has 6 nitrogen and oxygen atoms in total. The Bertz CT molecular complexity index is 1250. The number of fused-ring (bicyclic) bond motifs is 1. The Morgan fingerprint density at radius 1 is 1.09 bits per heavy atom. The maximum Gasteiger partial charge on any atom is 0.186 e. The van der Waals surface area contributed by atoms with Gasteiger partial charge in [0.05, 0.1) is 7.11 Å². The van der Waals surface area contributed by atoms with Gasteiger partial charge in [0.2, 0.25) is 0 Å². The van der Waals surface area contributed by atoms with Crippen LogP contribution in [-0.4, -0.2) is 31.1 Å². The number of para-hydroxylation sites is 1. The Kier molecular flexibility index (Phi) is 6.07. The molecule has 1 atom stereocenters. The molecule has 5 rings (SSSR count). The van der Waals surface area contributed by atoms with Crippen LogP contribution >= 0.6 is 11.3 Å². The predicted molar refractivity (Wildman–Crippen MR) is 135 cm³/mol. The van der Waals surface area contributed by atoms with Crippen molar-refractivity contribution < 1.29 is 9.15 Å². The Morgan fingerprint density at radius 3 is 2.67 bits per heavy atom. The zero-order chi connectivity index (χ0) is 22.8. The van der Waals surface area contributed by atoms with Crippen molar-refractivity contribution in [2.45, 2.75) is 25.4 Å². The Labute approximate surface area is 197 Å². The van der Waals surface area contributed by atoms with Gasteiger partial charge in [-0.05, 0) is 74.0 Å². The van der Waals surface area contributed by atoms with Crippen molar-refractivity contribution in [2.24, 2.45) is 16.5 Å². The fraction of sp³-hybridized carbons (Fsp3) is 0.269. The molecule has 1 saturated heterocycles. The summed E-state index contributed by atoms with van der Waals surface area (Å²) in [4.78, 5) is 9.63. The van der Waals surface area contributed by atoms with Crippen LogP contribution in [0.5, 0.6) is 5.75 Å². The van der Waals surface area contributed by atoms with Gasteiger partial charge in [-0.1, -0.05) is 18.2 Å². The van der Waals surface area contributed by atoms with Crippen LogP contribution < -0.4 is 16.2 Å². The van der Waals surface area contributed by atoms with E-state index in [4.69, 9.17) is 20.6 Å². The molecule has 0 spiro atoms. The molecule has 4 aromatic rings. The van der Waals surface area contributed by atoms with Gasteiger partial charge in [0.15, 0.2) is 5.96 Å². The summed E-state index contributed by atoms with van der Waals surface area (Å²) < 4.78 is 11.8. The van der Waals surface area contributed by atoms with Crippen molar-refractivity contribution in [3.63, 3.8) is 0 Å². The highest BCUT2D eigenvalue weighted by atomic mass is 32.1. The highest BCUT2D eigenvalue weighted by Crippen LogP contribution is 2.39. The summed E-state index contributed by atoms with van der Waals surface area (Å²) in [5.41, 5.74) is 14.4. The molecule has 1 aliphatic rings. The number of aliphatic imine (C=N–C) groups is 1. The second kappa shape index (κ2) is 9.29. The van der Waals surface area contributed by atoms with Crippen LogP contribution in [0.15, 0.2) is 70.1 Å². The predicted octanol–water partition coefficient (Wildman–Crippen LogP) is 5.13. The molecule has 0 aliphatic carbocycles. The molecular formula is C26H28N4O2S. The van der Waals surface area contributed by atoms with Gasteiger partial charge in [-0.15, -0.1) is 11.3 Å². The highest BCUT2D eigenvalue weighted by Gasteiger charge is 2.23. The van der Waals surface area contributed by atoms with Gasteiger partial charge in [0.25, 0.3) is 0 Å². The van der Waals surface area contributed by atoms with Crippen LogP contribution in [0.2, 0.25) is 0 Å². The maximum atomic E-state index is 6.13. The van der Waals surface area contributed by atoms with E-state index >= 15 is 0 Å². The van der Waals surface area contributed by atoms with Crippen LogP contribution in [0, 0.1) is 0 Å². The molecule has 1 fully saturated rings. The number of methoxy groups -OCH3 is 1. The number of rotatable bonds is 7. The van der Waals surface area contributed by atoms with E-state index in [9.17, 15) is 0 Å². The first kappa shape index (κ1) is 21.6. The first-order chi connectivity index (χ1) is 16.1. The summed E-state index contributed by atoms with van der Waals surface area (Å²) in [7, 11) is 1.66. The third-order valence-electron chi connectivity index (χ3n) is 6.04. The lowest BCUT2D eigenvalue weighted by Crippen LogP contribution is -2.24. The summed E-state index contributed by atoms with van der Waals surface area (Å²) in [5, 5.41) is 1.00. The highest BCUT2D eigenvalue weighted by molar-refractivity contribution is 7.15. The topological polar surface area (TPSA) is 90.0 Å². The van der Waals surface area contributed by atoms with Gasteiger partial charge in [0, 0.05) is 27.2 Å². The van der Waals surface area contributed by atoms with Gasteiger partial charge < -0.3 is 20.6 Å². The van der Waals surface area contributed by atoms with Gasteiger partial charge in [0.1, 0.15) is 23.1 Å². The molecule has 0 amide bonds. The summed E-state index contributed by atoms with van der Waals surface area (Å²) in [6.07, 6.45) is 2.60. The molecule has 0 bridgehead atoms. The van der Waals surface area contributed by atoms with Gasteiger partial charge >= 0.3 is 0 Å². The van der Waals surface area contributed by atoms with E-state index < -0.39 is 6.04 Å². The summed E-state index contributed by atoms with van der Waals surface area (Å²) in [6, 6.07) is 19.9. The monoisotopic (exact) mass is 460 g/mol. The van der Waals surface area contributed by atoms with Crippen LogP contribution in [0.1, 0.15) is 35.1 Å². The molecule has 7 heteroatoms. The van der Waals surface area contributed by atoms with E-state index in [0.29, 0.717) is 11.5 Å². The molecular weight excluding hydrogens is 432 g/mol. The first-order valence-electron chi connectivity index (χ1n) is 11.2. The molecule has 170 valence electrons. The van der Waals surface area contributed by atoms with Crippen molar-refractivity contribution in [3.05, 3.63) is 76.9 Å². The molecule has 1 aliphatic heterocycles. The normalized spacial score (nSPS) is 15.1. The zero-order valence-electron chi connectivity index (χ0n) is 18.7. The number of thiophene rings is 1. The maximum absolute atomic E-state index is 6.13. The summed E-state index contributed by atoms with van der Waals surface area (Å²) in [6.45, 7) is 3.40. The number of likely N-dealkylation sites (tertiary alicyclic amines) is 1. The number of ether oxygens (including phenoxy) is 1. The molecule has 0 radical (unpaired) electrons. The summed E-state index contributed by atoms with van der Waals surface area (Å²) >= 11 is 1.83. The van der Waals surface area contributed by atoms with E-state index in [-0.39, 0.29) is 5.96 Å². The number of hydrogen-bond acceptors (Lipinski definition) is 5. The first-order valence-corrected chi connectivity index (χ1v) is 12.0. The second-order valence-electron chi connectivity index (χ2n) is 8.35. The van der Waals surface area contributed by atoms with E-state index in [2.05, 4.69) is 34.2 Å². The van der Waals surface area contributed by atoms with Gasteiger partial charge in [-0.3, -0.25) is 4.90 Å². The molecule has 3 heterocycles. The third-order valence-corrected chi connectivity index (χ3v) is 7.16. The number of guanidine groups is 1. The van der Waals surface area contributed by atoms with E-state index in [1.54, 1.807) is 7.11 Å². The third kappa shape index (κ3) is 4.60. The minimum Gasteiger partial charge on any atom is -0.496 e. The van der Waals surface area contributed by atoms with Crippen molar-refractivity contribution in [2.75, 3.05) is 20.2 Å². The fourth-order valence-corrected chi connectivity index (χ4v) is 5.50. The average molecular weight is 461 g/mol. The Hall–Kier alpha value is -3.29. The van der Waals surface area contributed by atoms with E-state index in [0.717, 1.165) is 28.6 Å². The van der Waals surface area contributed by atoms with Crippen molar-refractivity contribution >= 4 is 28.3 Å². The lowest BCUT2D eigenvalue weighted by atomic mass is 10.00. The number of nitrogens with two attached hydrogens (primary N) is 2. The van der Waals surface area contributed by atoms with Crippen molar-refractivity contribution in [3.8, 4) is 16.2 Å². The SMILES string of the molecule is COc1ccc(-c2ccc(CN3CCCC3)s2)cc1C(N=C(N)N)c1cc2ccccc2o1. The standard InChI is InChI=1S/C26H28N4O2S/c1-31-22-10-8-18(24-11-9-19(33-24)16-30-12-4-5-13-30)14-20(22)25(29-26(27)28)23-15-17-6-2-3-7-21(17)32-23/h2-3,6-11,14-15,25H,4-5,12-13,16H2,1H3,(H4,27,28,29). The number of benzene rings is 2.